The van der Waals surface area contributed by atoms with Crippen LogP contribution in [0.25, 0.3) is 11.1 Å². The molecule has 0 radical (unpaired) electrons. The van der Waals surface area contributed by atoms with Crippen LogP contribution in [-0.4, -0.2) is 54.6 Å². The number of nitrogens with zero attached hydrogens (tertiary/aromatic N) is 3. The Hall–Kier alpha value is -2.34. The lowest BCUT2D eigenvalue weighted by molar-refractivity contribution is 0.109. The van der Waals surface area contributed by atoms with E-state index < -0.39 is 0 Å². The Bertz CT molecular complexity index is 890. The van der Waals surface area contributed by atoms with Crippen LogP contribution in [0.2, 0.25) is 0 Å². The van der Waals surface area contributed by atoms with E-state index in [-0.39, 0.29) is 12.2 Å². The van der Waals surface area contributed by atoms with Crippen molar-refractivity contribution in [2.75, 3.05) is 27.2 Å². The van der Waals surface area contributed by atoms with Gasteiger partial charge in [-0.2, -0.15) is 5.10 Å². The topological polar surface area (TPSA) is 56.7 Å². The number of aromatic nitrogens is 2. The summed E-state index contributed by atoms with van der Waals surface area (Å²) in [6.07, 6.45) is 11.7. The zero-order valence-electron chi connectivity index (χ0n) is 20.5. The van der Waals surface area contributed by atoms with E-state index in [1.165, 1.54) is 19.3 Å². The lowest BCUT2D eigenvalue weighted by atomic mass is 9.97. The van der Waals surface area contributed by atoms with Gasteiger partial charge in [-0.1, -0.05) is 25.8 Å². The van der Waals surface area contributed by atoms with Crippen molar-refractivity contribution in [1.82, 2.24) is 15.1 Å². The molecule has 0 unspecified atom stereocenters. The number of ether oxygens (including phenoxy) is 3. The highest BCUT2D eigenvalue weighted by molar-refractivity contribution is 5.70. The first-order chi connectivity index (χ1) is 16.2. The second-order valence-corrected chi connectivity index (χ2v) is 9.51. The molecule has 2 fully saturated rings. The van der Waals surface area contributed by atoms with Crippen molar-refractivity contribution in [3.63, 3.8) is 0 Å². The second kappa shape index (κ2) is 11.7. The van der Waals surface area contributed by atoms with E-state index >= 15 is 0 Å². The number of methoxy groups -OCH3 is 1. The first-order valence-electron chi connectivity index (χ1n) is 12.7. The molecule has 4 rings (SSSR count). The van der Waals surface area contributed by atoms with Crippen molar-refractivity contribution in [3.8, 4) is 28.5 Å². The molecule has 0 bridgehead atoms. The monoisotopic (exact) mass is 453 g/mol. The zero-order valence-corrected chi connectivity index (χ0v) is 20.5. The normalized spacial score (nSPS) is 18.3. The molecule has 0 atom stereocenters. The van der Waals surface area contributed by atoms with E-state index in [0.717, 1.165) is 86.4 Å². The smallest absolute Gasteiger partial charge is 0.234 e. The number of piperidine rings is 1. The molecule has 1 saturated carbocycles. The van der Waals surface area contributed by atoms with Gasteiger partial charge in [0.2, 0.25) is 5.88 Å². The summed E-state index contributed by atoms with van der Waals surface area (Å²) >= 11 is 0. The third-order valence-electron chi connectivity index (χ3n) is 6.89. The van der Waals surface area contributed by atoms with Crippen LogP contribution in [0.15, 0.2) is 24.3 Å². The summed E-state index contributed by atoms with van der Waals surface area (Å²) in [6.45, 7) is 4.31. The summed E-state index contributed by atoms with van der Waals surface area (Å²) < 4.78 is 18.3. The number of hydrogen-bond donors (Lipinski definition) is 0. The molecule has 2 aliphatic rings. The van der Waals surface area contributed by atoms with Crippen LogP contribution in [-0.2, 0) is 6.42 Å². The van der Waals surface area contributed by atoms with Gasteiger partial charge in [-0.05, 0) is 76.1 Å². The van der Waals surface area contributed by atoms with Gasteiger partial charge in [-0.25, -0.2) is 0 Å². The van der Waals surface area contributed by atoms with Gasteiger partial charge >= 0.3 is 0 Å². The fourth-order valence-electron chi connectivity index (χ4n) is 4.80. The molecule has 6 heteroatoms. The molecule has 1 saturated heterocycles. The van der Waals surface area contributed by atoms with Gasteiger partial charge in [0.25, 0.3) is 0 Å². The summed E-state index contributed by atoms with van der Waals surface area (Å²) in [4.78, 5) is 2.34. The molecule has 2 heterocycles. The number of benzene rings is 1. The predicted octanol–water partition coefficient (Wildman–Crippen LogP) is 5.68. The van der Waals surface area contributed by atoms with Crippen molar-refractivity contribution < 1.29 is 14.2 Å². The number of aryl methyl sites for hydroxylation is 1. The zero-order chi connectivity index (χ0) is 23.0. The first-order valence-corrected chi connectivity index (χ1v) is 12.7. The Balaban J connectivity index is 1.57. The van der Waals surface area contributed by atoms with Crippen LogP contribution in [0.5, 0.6) is 17.4 Å². The molecular formula is C27H39N3O3. The molecular weight excluding hydrogens is 414 g/mol. The van der Waals surface area contributed by atoms with Gasteiger partial charge in [0.05, 0.1) is 18.9 Å². The van der Waals surface area contributed by atoms with Crippen molar-refractivity contribution in [2.24, 2.45) is 0 Å². The van der Waals surface area contributed by atoms with Gasteiger partial charge in [0.15, 0.2) is 11.5 Å². The summed E-state index contributed by atoms with van der Waals surface area (Å²) in [5.41, 5.74) is 3.15. The first kappa shape index (κ1) is 23.8. The molecule has 0 amide bonds. The van der Waals surface area contributed by atoms with Gasteiger partial charge in [0, 0.05) is 24.7 Å². The standard InChI is InChI=1S/C27H39N3O3/c1-4-5-11-24-23(19-27(29-28-24)33-22-14-16-30(2)17-15-22)20-12-13-25(26(18-20)31-3)32-21-9-7-6-8-10-21/h12-13,18-19,21-22H,4-11,14-17H2,1-3H3. The van der Waals surface area contributed by atoms with E-state index in [4.69, 9.17) is 14.2 Å². The number of unbranched alkanes of at least 4 members (excludes halogenated alkanes) is 1. The molecule has 2 aromatic rings. The van der Waals surface area contributed by atoms with E-state index in [9.17, 15) is 0 Å². The summed E-state index contributed by atoms with van der Waals surface area (Å²) in [6, 6.07) is 8.30. The SMILES string of the molecule is CCCCc1nnc(OC2CCN(C)CC2)cc1-c1ccc(OC2CCCCC2)c(OC)c1. The van der Waals surface area contributed by atoms with Crippen LogP contribution in [0, 0.1) is 0 Å². The Morgan fingerprint density at radius 1 is 0.909 bits per heavy atom. The molecule has 0 N–H and O–H groups in total. The largest absolute Gasteiger partial charge is 0.493 e. The van der Waals surface area contributed by atoms with Crippen LogP contribution in [0.4, 0.5) is 0 Å². The average molecular weight is 454 g/mol. The molecule has 0 spiro atoms. The van der Waals surface area contributed by atoms with Crippen molar-refractivity contribution in [2.45, 2.75) is 83.3 Å². The lowest BCUT2D eigenvalue weighted by Gasteiger charge is -2.29. The van der Waals surface area contributed by atoms with Crippen molar-refractivity contribution in [1.29, 1.82) is 0 Å². The number of likely N-dealkylation sites (tertiary alicyclic amines) is 1. The van der Waals surface area contributed by atoms with Crippen molar-refractivity contribution >= 4 is 0 Å². The number of hydrogen-bond acceptors (Lipinski definition) is 6. The third-order valence-corrected chi connectivity index (χ3v) is 6.89. The molecule has 1 aliphatic heterocycles. The summed E-state index contributed by atoms with van der Waals surface area (Å²) in [5, 5.41) is 9.01. The summed E-state index contributed by atoms with van der Waals surface area (Å²) in [7, 11) is 3.87. The minimum atomic E-state index is 0.200. The average Bonchev–Trinajstić information content (AvgIpc) is 2.85. The van der Waals surface area contributed by atoms with E-state index in [1.54, 1.807) is 7.11 Å². The maximum Gasteiger partial charge on any atom is 0.234 e. The Labute approximate surface area is 198 Å². The van der Waals surface area contributed by atoms with E-state index in [1.807, 2.05) is 6.07 Å². The highest BCUT2D eigenvalue weighted by Gasteiger charge is 2.21. The van der Waals surface area contributed by atoms with Crippen LogP contribution >= 0.6 is 0 Å². The van der Waals surface area contributed by atoms with Gasteiger partial charge < -0.3 is 19.1 Å². The highest BCUT2D eigenvalue weighted by atomic mass is 16.5. The highest BCUT2D eigenvalue weighted by Crippen LogP contribution is 2.36. The molecule has 1 aromatic carbocycles. The van der Waals surface area contributed by atoms with Crippen LogP contribution < -0.4 is 14.2 Å². The van der Waals surface area contributed by atoms with Crippen LogP contribution in [0.1, 0.15) is 70.4 Å². The fraction of sp³-hybridized carbons (Fsp3) is 0.630. The molecule has 1 aromatic heterocycles. The Kier molecular flexibility index (Phi) is 8.43. The van der Waals surface area contributed by atoms with E-state index in [2.05, 4.69) is 47.3 Å². The van der Waals surface area contributed by atoms with Crippen LogP contribution in [0.3, 0.4) is 0 Å². The lowest BCUT2D eigenvalue weighted by Crippen LogP contribution is -2.35. The van der Waals surface area contributed by atoms with Gasteiger partial charge in [0.1, 0.15) is 6.10 Å². The van der Waals surface area contributed by atoms with Gasteiger partial charge in [-0.15, -0.1) is 5.10 Å². The maximum absolute atomic E-state index is 6.31. The molecule has 6 nitrogen and oxygen atoms in total. The van der Waals surface area contributed by atoms with Gasteiger partial charge in [-0.3, -0.25) is 0 Å². The second-order valence-electron chi connectivity index (χ2n) is 9.51. The molecule has 180 valence electrons. The number of rotatable bonds is 9. The third kappa shape index (κ3) is 6.38. The van der Waals surface area contributed by atoms with E-state index in [0.29, 0.717) is 5.88 Å². The minimum Gasteiger partial charge on any atom is -0.493 e. The minimum absolute atomic E-state index is 0.200. The summed E-state index contributed by atoms with van der Waals surface area (Å²) in [5.74, 6) is 2.21. The fourth-order valence-corrected chi connectivity index (χ4v) is 4.80. The van der Waals surface area contributed by atoms with Crippen molar-refractivity contribution in [3.05, 3.63) is 30.0 Å². The Morgan fingerprint density at radius 2 is 1.67 bits per heavy atom. The molecule has 1 aliphatic carbocycles. The quantitative estimate of drug-likeness (QED) is 0.487. The predicted molar refractivity (Wildman–Crippen MR) is 131 cm³/mol. The Morgan fingerprint density at radius 3 is 2.39 bits per heavy atom. The molecule has 33 heavy (non-hydrogen) atoms. The maximum atomic E-state index is 6.31.